The summed E-state index contributed by atoms with van der Waals surface area (Å²) >= 11 is 3.79. The van der Waals surface area contributed by atoms with Crippen LogP contribution in [0, 0.1) is 0 Å². The maximum absolute atomic E-state index is 9.84. The van der Waals surface area contributed by atoms with E-state index in [0.29, 0.717) is 12.4 Å². The summed E-state index contributed by atoms with van der Waals surface area (Å²) in [6, 6.07) is 0. The SMILES string of the molecule is [NH3+]C(=O)OCCS. The minimum atomic E-state index is -0.492. The van der Waals surface area contributed by atoms with Gasteiger partial charge in [0.2, 0.25) is 0 Å². The van der Waals surface area contributed by atoms with Crippen molar-refractivity contribution in [2.24, 2.45) is 0 Å². The van der Waals surface area contributed by atoms with Crippen LogP contribution in [-0.2, 0) is 4.74 Å². The van der Waals surface area contributed by atoms with Gasteiger partial charge in [-0.15, -0.1) is 0 Å². The minimum absolute atomic E-state index is 0.353. The van der Waals surface area contributed by atoms with Crippen LogP contribution in [0.15, 0.2) is 0 Å². The monoisotopic (exact) mass is 122 g/mol. The molecular formula is C3H8NO2S+. The number of rotatable bonds is 2. The summed E-state index contributed by atoms with van der Waals surface area (Å²) in [6.45, 7) is 0.353. The Morgan fingerprint density at radius 2 is 2.43 bits per heavy atom. The molecule has 0 bridgehead atoms. The molecule has 0 aliphatic carbocycles. The van der Waals surface area contributed by atoms with Gasteiger partial charge in [-0.2, -0.15) is 17.4 Å². The summed E-state index contributed by atoms with van der Waals surface area (Å²) in [6.07, 6.45) is -0.492. The lowest BCUT2D eigenvalue weighted by molar-refractivity contribution is -0.281. The van der Waals surface area contributed by atoms with Gasteiger partial charge in [-0.3, -0.25) is 5.73 Å². The molecule has 3 nitrogen and oxygen atoms in total. The van der Waals surface area contributed by atoms with E-state index in [1.165, 1.54) is 0 Å². The highest BCUT2D eigenvalue weighted by Gasteiger charge is 1.92. The smallest absolute Gasteiger partial charge is 0.419 e. The average Bonchev–Trinajstić information content (AvgIpc) is 1.61. The fraction of sp³-hybridized carbons (Fsp3) is 0.667. The molecule has 0 aromatic carbocycles. The van der Waals surface area contributed by atoms with Crippen LogP contribution < -0.4 is 5.73 Å². The van der Waals surface area contributed by atoms with Crippen molar-refractivity contribution < 1.29 is 15.3 Å². The van der Waals surface area contributed by atoms with E-state index < -0.39 is 6.09 Å². The normalized spacial score (nSPS) is 8.29. The third-order valence-electron chi connectivity index (χ3n) is 0.354. The average molecular weight is 122 g/mol. The molecule has 0 aromatic rings. The van der Waals surface area contributed by atoms with Gasteiger partial charge < -0.3 is 4.74 Å². The van der Waals surface area contributed by atoms with E-state index in [2.05, 4.69) is 23.1 Å². The molecule has 3 N–H and O–H groups in total. The molecule has 0 saturated carbocycles. The summed E-state index contributed by atoms with van der Waals surface area (Å²) < 4.78 is 4.36. The van der Waals surface area contributed by atoms with Crippen molar-refractivity contribution in [2.45, 2.75) is 0 Å². The number of carbonyl (C=O) groups excluding carboxylic acids is 1. The molecule has 0 aromatic heterocycles. The van der Waals surface area contributed by atoms with Crippen LogP contribution in [0.1, 0.15) is 0 Å². The molecule has 0 heterocycles. The highest BCUT2D eigenvalue weighted by Crippen LogP contribution is 1.74. The zero-order valence-electron chi connectivity index (χ0n) is 3.89. The molecular weight excluding hydrogens is 114 g/mol. The number of amides is 1. The van der Waals surface area contributed by atoms with Crippen molar-refractivity contribution in [2.75, 3.05) is 12.4 Å². The second-order valence-corrected chi connectivity index (χ2v) is 1.39. The second-order valence-electron chi connectivity index (χ2n) is 0.944. The van der Waals surface area contributed by atoms with Gasteiger partial charge in [-0.1, -0.05) is 0 Å². The van der Waals surface area contributed by atoms with Crippen LogP contribution in [0.25, 0.3) is 0 Å². The van der Waals surface area contributed by atoms with Crippen molar-refractivity contribution in [3.8, 4) is 0 Å². The Labute approximate surface area is 47.2 Å². The van der Waals surface area contributed by atoms with Crippen LogP contribution in [0.3, 0.4) is 0 Å². The molecule has 0 atom stereocenters. The lowest BCUT2D eigenvalue weighted by Gasteiger charge is -1.89. The molecule has 0 radical (unpaired) electrons. The third-order valence-corrected chi connectivity index (χ3v) is 0.537. The van der Waals surface area contributed by atoms with E-state index in [1.807, 2.05) is 0 Å². The number of hydrogen-bond donors (Lipinski definition) is 2. The van der Waals surface area contributed by atoms with Gasteiger partial charge in [0.1, 0.15) is 6.61 Å². The standard InChI is InChI=1S/C3H7NO2S/c4-3(5)6-1-2-7/h7H,1-2H2,(H2,4,5)/p+1. The van der Waals surface area contributed by atoms with Gasteiger partial charge in [0.25, 0.3) is 0 Å². The van der Waals surface area contributed by atoms with Crippen LogP contribution in [0.5, 0.6) is 0 Å². The van der Waals surface area contributed by atoms with Crippen molar-refractivity contribution in [3.05, 3.63) is 0 Å². The van der Waals surface area contributed by atoms with E-state index in [4.69, 9.17) is 0 Å². The van der Waals surface area contributed by atoms with Crippen molar-refractivity contribution in [1.82, 2.24) is 0 Å². The van der Waals surface area contributed by atoms with Crippen LogP contribution in [0.4, 0.5) is 4.79 Å². The molecule has 0 aliphatic rings. The van der Waals surface area contributed by atoms with Crippen molar-refractivity contribution in [1.29, 1.82) is 0 Å². The van der Waals surface area contributed by atoms with Gasteiger partial charge in [0, 0.05) is 5.75 Å². The predicted octanol–water partition coefficient (Wildman–Crippen LogP) is -0.705. The highest BCUT2D eigenvalue weighted by atomic mass is 32.1. The molecule has 7 heavy (non-hydrogen) atoms. The molecule has 0 aliphatic heterocycles. The topological polar surface area (TPSA) is 53.9 Å². The second kappa shape index (κ2) is 3.95. The summed E-state index contributed by atoms with van der Waals surface area (Å²) in [5.74, 6) is 0.557. The molecule has 42 valence electrons. The zero-order valence-corrected chi connectivity index (χ0v) is 4.78. The largest absolute Gasteiger partial charge is 0.511 e. The Bertz CT molecular complexity index is 66.0. The third kappa shape index (κ3) is 5.78. The highest BCUT2D eigenvalue weighted by molar-refractivity contribution is 7.80. The lowest BCUT2D eigenvalue weighted by Crippen LogP contribution is -2.57. The van der Waals surface area contributed by atoms with Gasteiger partial charge in [-0.25, -0.2) is 0 Å². The minimum Gasteiger partial charge on any atom is -0.419 e. The van der Waals surface area contributed by atoms with E-state index in [1.54, 1.807) is 0 Å². The maximum atomic E-state index is 9.84. The Morgan fingerprint density at radius 3 is 2.57 bits per heavy atom. The van der Waals surface area contributed by atoms with Crippen LogP contribution in [-0.4, -0.2) is 18.5 Å². The van der Waals surface area contributed by atoms with Crippen molar-refractivity contribution >= 4 is 18.7 Å². The summed E-state index contributed by atoms with van der Waals surface area (Å²) in [5, 5.41) is 0. The summed E-state index contributed by atoms with van der Waals surface area (Å²) in [7, 11) is 0. The first-order valence-corrected chi connectivity index (χ1v) is 2.50. The van der Waals surface area contributed by atoms with Gasteiger partial charge in [0.05, 0.1) is 0 Å². The molecule has 1 amide bonds. The van der Waals surface area contributed by atoms with E-state index in [0.717, 1.165) is 0 Å². The first-order chi connectivity index (χ1) is 3.27. The number of thiol groups is 1. The number of carbonyl (C=O) groups is 1. The first kappa shape index (κ1) is 6.78. The fourth-order valence-electron chi connectivity index (χ4n) is 0.159. The van der Waals surface area contributed by atoms with Crippen LogP contribution in [0.2, 0.25) is 0 Å². The van der Waals surface area contributed by atoms with E-state index >= 15 is 0 Å². The molecule has 0 spiro atoms. The molecule has 0 rings (SSSR count). The number of ether oxygens (including phenoxy) is 1. The molecule has 4 heteroatoms. The van der Waals surface area contributed by atoms with Gasteiger partial charge >= 0.3 is 6.09 Å². The predicted molar refractivity (Wildman–Crippen MR) is 28.1 cm³/mol. The number of quaternary nitrogens is 1. The van der Waals surface area contributed by atoms with E-state index in [-0.39, 0.29) is 0 Å². The lowest BCUT2D eigenvalue weighted by atomic mass is 10.9. The fourth-order valence-corrected chi connectivity index (χ4v) is 0.251. The maximum Gasteiger partial charge on any atom is 0.511 e. The Hall–Kier alpha value is -0.220. The molecule has 0 unspecified atom stereocenters. The van der Waals surface area contributed by atoms with Crippen LogP contribution >= 0.6 is 12.6 Å². The quantitative estimate of drug-likeness (QED) is 0.476. The zero-order chi connectivity index (χ0) is 5.70. The Kier molecular flexibility index (Phi) is 3.83. The molecule has 0 fully saturated rings. The Morgan fingerprint density at radius 1 is 1.86 bits per heavy atom. The summed E-state index contributed by atoms with van der Waals surface area (Å²) in [4.78, 5) is 9.84. The molecule has 0 saturated heterocycles. The number of hydrogen-bond acceptors (Lipinski definition) is 3. The summed E-state index contributed by atoms with van der Waals surface area (Å²) in [5.41, 5.74) is 2.98. The van der Waals surface area contributed by atoms with E-state index in [9.17, 15) is 4.79 Å². The van der Waals surface area contributed by atoms with Crippen molar-refractivity contribution in [3.63, 3.8) is 0 Å². The first-order valence-electron chi connectivity index (χ1n) is 1.87. The van der Waals surface area contributed by atoms with Gasteiger partial charge in [-0.05, 0) is 0 Å². The van der Waals surface area contributed by atoms with Gasteiger partial charge in [0.15, 0.2) is 0 Å². The Balaban J connectivity index is 2.82.